The SMILES string of the molecule is O=C1C=CC(=Nc2cc3c(cc2Br)-c2ccccc2[C@@H]3Br)O1. The van der Waals surface area contributed by atoms with Gasteiger partial charge in [-0.05, 0) is 50.3 Å². The molecule has 3 nitrogen and oxygen atoms in total. The fourth-order valence-corrected chi connectivity index (χ4v) is 3.94. The molecule has 0 spiro atoms. The van der Waals surface area contributed by atoms with Crippen LogP contribution < -0.4 is 0 Å². The highest BCUT2D eigenvalue weighted by Gasteiger charge is 2.27. The van der Waals surface area contributed by atoms with Gasteiger partial charge in [-0.2, -0.15) is 0 Å². The lowest BCUT2D eigenvalue weighted by Crippen LogP contribution is -1.98. The van der Waals surface area contributed by atoms with Crippen LogP contribution >= 0.6 is 31.9 Å². The lowest BCUT2D eigenvalue weighted by Gasteiger charge is -2.07. The number of nitrogens with zero attached hydrogens (tertiary/aromatic N) is 1. The van der Waals surface area contributed by atoms with Crippen molar-refractivity contribution in [3.8, 4) is 11.1 Å². The Labute approximate surface area is 144 Å². The molecule has 22 heavy (non-hydrogen) atoms. The van der Waals surface area contributed by atoms with Gasteiger partial charge in [-0.1, -0.05) is 40.2 Å². The number of ether oxygens (including phenoxy) is 1. The summed E-state index contributed by atoms with van der Waals surface area (Å²) in [6.45, 7) is 0. The third kappa shape index (κ3) is 2.16. The van der Waals surface area contributed by atoms with E-state index < -0.39 is 0 Å². The second-order valence-electron chi connectivity index (χ2n) is 5.05. The summed E-state index contributed by atoms with van der Waals surface area (Å²) in [6, 6.07) is 12.4. The molecule has 0 bridgehead atoms. The van der Waals surface area contributed by atoms with Crippen molar-refractivity contribution in [3.63, 3.8) is 0 Å². The minimum atomic E-state index is -0.387. The van der Waals surface area contributed by atoms with E-state index in [1.54, 1.807) is 6.08 Å². The van der Waals surface area contributed by atoms with E-state index in [1.807, 2.05) is 18.2 Å². The molecule has 1 heterocycles. The zero-order valence-corrected chi connectivity index (χ0v) is 14.4. The van der Waals surface area contributed by atoms with E-state index >= 15 is 0 Å². The zero-order chi connectivity index (χ0) is 15.3. The Morgan fingerprint density at radius 2 is 1.86 bits per heavy atom. The van der Waals surface area contributed by atoms with E-state index in [0.717, 1.165) is 15.7 Å². The third-order valence-corrected chi connectivity index (χ3v) is 5.34. The highest BCUT2D eigenvalue weighted by Crippen LogP contribution is 2.50. The molecular weight excluding hydrogens is 410 g/mol. The second-order valence-corrected chi connectivity index (χ2v) is 6.82. The number of cyclic esters (lactones) is 1. The molecule has 2 aliphatic rings. The van der Waals surface area contributed by atoms with Gasteiger partial charge in [0.1, 0.15) is 0 Å². The summed E-state index contributed by atoms with van der Waals surface area (Å²) >= 11 is 7.31. The quantitative estimate of drug-likeness (QED) is 0.479. The second kappa shape index (κ2) is 5.18. The molecule has 0 radical (unpaired) electrons. The molecule has 0 amide bonds. The summed E-state index contributed by atoms with van der Waals surface area (Å²) in [5.41, 5.74) is 5.57. The average molecular weight is 419 g/mol. The van der Waals surface area contributed by atoms with Gasteiger partial charge in [-0.15, -0.1) is 0 Å². The monoisotopic (exact) mass is 417 g/mol. The van der Waals surface area contributed by atoms with Crippen LogP contribution in [0.1, 0.15) is 16.0 Å². The van der Waals surface area contributed by atoms with Crippen molar-refractivity contribution in [1.29, 1.82) is 0 Å². The van der Waals surface area contributed by atoms with Gasteiger partial charge in [0.05, 0.1) is 10.5 Å². The van der Waals surface area contributed by atoms with Crippen molar-refractivity contribution in [2.24, 2.45) is 4.99 Å². The van der Waals surface area contributed by atoms with Gasteiger partial charge in [0.2, 0.25) is 5.90 Å². The highest BCUT2D eigenvalue weighted by molar-refractivity contribution is 9.10. The van der Waals surface area contributed by atoms with Crippen molar-refractivity contribution in [2.45, 2.75) is 4.83 Å². The fraction of sp³-hybridized carbons (Fsp3) is 0.0588. The number of rotatable bonds is 1. The van der Waals surface area contributed by atoms with E-state index in [9.17, 15) is 4.79 Å². The number of carbonyl (C=O) groups excluding carboxylic acids is 1. The van der Waals surface area contributed by atoms with Gasteiger partial charge in [0.15, 0.2) is 0 Å². The van der Waals surface area contributed by atoms with Gasteiger partial charge in [0, 0.05) is 16.6 Å². The predicted molar refractivity (Wildman–Crippen MR) is 92.7 cm³/mol. The number of hydrogen-bond acceptors (Lipinski definition) is 3. The molecule has 0 fully saturated rings. The lowest BCUT2D eigenvalue weighted by atomic mass is 10.1. The molecule has 1 aliphatic heterocycles. The molecule has 1 atom stereocenters. The number of halogens is 2. The Balaban J connectivity index is 1.83. The van der Waals surface area contributed by atoms with Crippen LogP contribution in [0.25, 0.3) is 11.1 Å². The van der Waals surface area contributed by atoms with Crippen LogP contribution in [-0.2, 0) is 9.53 Å². The first-order valence-electron chi connectivity index (χ1n) is 6.69. The minimum Gasteiger partial charge on any atom is -0.404 e. The van der Waals surface area contributed by atoms with Gasteiger partial charge in [0.25, 0.3) is 0 Å². The predicted octanol–water partition coefficient (Wildman–Crippen LogP) is 5.06. The van der Waals surface area contributed by atoms with Gasteiger partial charge >= 0.3 is 5.97 Å². The van der Waals surface area contributed by atoms with Crippen LogP contribution in [0.5, 0.6) is 0 Å². The van der Waals surface area contributed by atoms with Crippen molar-refractivity contribution in [3.05, 3.63) is 64.1 Å². The van der Waals surface area contributed by atoms with Crippen LogP contribution in [0.4, 0.5) is 5.69 Å². The number of fused-ring (bicyclic) bond motifs is 3. The molecule has 2 aromatic carbocycles. The van der Waals surface area contributed by atoms with E-state index in [4.69, 9.17) is 4.74 Å². The van der Waals surface area contributed by atoms with E-state index in [1.165, 1.54) is 22.8 Å². The van der Waals surface area contributed by atoms with Crippen LogP contribution in [0.2, 0.25) is 0 Å². The van der Waals surface area contributed by atoms with E-state index in [0.29, 0.717) is 5.90 Å². The molecule has 2 aromatic rings. The summed E-state index contributed by atoms with van der Waals surface area (Å²) in [5.74, 6) is -0.0749. The maximum atomic E-state index is 11.1. The Bertz CT molecular complexity index is 871. The molecule has 4 rings (SSSR count). The standard InChI is InChI=1S/C17H9Br2NO2/c18-13-7-11-9-3-1-2-4-10(9)17(19)12(11)8-14(13)20-15-5-6-16(21)22-15/h1-8,17H/t17-/m0/s1. The number of aliphatic imine (C=N–C) groups is 1. The van der Waals surface area contributed by atoms with Crippen LogP contribution in [0.3, 0.4) is 0 Å². The first kappa shape index (κ1) is 13.9. The maximum absolute atomic E-state index is 11.1. The summed E-state index contributed by atoms with van der Waals surface area (Å²) < 4.78 is 5.86. The van der Waals surface area contributed by atoms with Crippen LogP contribution in [0.15, 0.2) is 58.0 Å². The number of benzene rings is 2. The fourth-order valence-electron chi connectivity index (χ4n) is 2.73. The number of hydrogen-bond donors (Lipinski definition) is 0. The summed E-state index contributed by atoms with van der Waals surface area (Å²) in [6.07, 6.45) is 2.94. The first-order chi connectivity index (χ1) is 10.6. The smallest absolute Gasteiger partial charge is 0.337 e. The Morgan fingerprint density at radius 1 is 1.05 bits per heavy atom. The van der Waals surface area contributed by atoms with Gasteiger partial charge < -0.3 is 4.74 Å². The Kier molecular flexibility index (Phi) is 3.27. The molecule has 0 saturated heterocycles. The normalized spacial score (nSPS) is 20.2. The largest absolute Gasteiger partial charge is 0.404 e. The zero-order valence-electron chi connectivity index (χ0n) is 11.2. The molecule has 0 aromatic heterocycles. The van der Waals surface area contributed by atoms with Crippen molar-refractivity contribution in [1.82, 2.24) is 0 Å². The number of carbonyl (C=O) groups is 1. The van der Waals surface area contributed by atoms with E-state index in [-0.39, 0.29) is 10.8 Å². The Morgan fingerprint density at radius 3 is 2.64 bits per heavy atom. The average Bonchev–Trinajstić information content (AvgIpc) is 3.04. The number of esters is 1. The Hall–Kier alpha value is -1.72. The van der Waals surface area contributed by atoms with Crippen molar-refractivity contribution < 1.29 is 9.53 Å². The molecule has 0 unspecified atom stereocenters. The summed E-state index contributed by atoms with van der Waals surface area (Å²) in [5, 5.41) is 0. The van der Waals surface area contributed by atoms with E-state index in [2.05, 4.69) is 55.1 Å². The van der Waals surface area contributed by atoms with Crippen LogP contribution in [0, 0.1) is 0 Å². The maximum Gasteiger partial charge on any atom is 0.337 e. The molecule has 0 N–H and O–H groups in total. The van der Waals surface area contributed by atoms with Crippen LogP contribution in [-0.4, -0.2) is 11.9 Å². The van der Waals surface area contributed by atoms with Gasteiger partial charge in [-0.3, -0.25) is 0 Å². The summed E-state index contributed by atoms with van der Waals surface area (Å²) in [4.78, 5) is 15.7. The third-order valence-electron chi connectivity index (χ3n) is 3.71. The van der Waals surface area contributed by atoms with Crippen molar-refractivity contribution >= 4 is 49.4 Å². The highest BCUT2D eigenvalue weighted by atomic mass is 79.9. The minimum absolute atomic E-state index is 0.146. The first-order valence-corrected chi connectivity index (χ1v) is 8.40. The molecule has 1 aliphatic carbocycles. The lowest BCUT2D eigenvalue weighted by molar-refractivity contribution is -0.129. The van der Waals surface area contributed by atoms with Gasteiger partial charge in [-0.25, -0.2) is 9.79 Å². The topological polar surface area (TPSA) is 38.7 Å². The molecule has 108 valence electrons. The van der Waals surface area contributed by atoms with Crippen molar-refractivity contribution in [2.75, 3.05) is 0 Å². The number of alkyl halides is 1. The summed E-state index contributed by atoms with van der Waals surface area (Å²) in [7, 11) is 0. The molecule has 0 saturated carbocycles. The molecule has 5 heteroatoms. The molecular formula is C17H9Br2NO2.